The molecule has 0 saturated carbocycles. The minimum Gasteiger partial charge on any atom is -0.444 e. The van der Waals surface area contributed by atoms with Crippen molar-refractivity contribution in [2.45, 2.75) is 33.7 Å². The topological polar surface area (TPSA) is 62.5 Å². The number of aromatic nitrogens is 1. The second-order valence-electron chi connectivity index (χ2n) is 5.42. The van der Waals surface area contributed by atoms with Gasteiger partial charge in [0.2, 0.25) is 5.89 Å². The second-order valence-corrected chi connectivity index (χ2v) is 5.42. The Morgan fingerprint density at radius 1 is 1.26 bits per heavy atom. The average molecular weight is 318 g/mol. The fourth-order valence-electron chi connectivity index (χ4n) is 2.25. The molecule has 2 rings (SSSR count). The van der Waals surface area contributed by atoms with E-state index in [0.717, 1.165) is 29.0 Å². The van der Waals surface area contributed by atoms with Crippen LogP contribution in [-0.2, 0) is 13.0 Å². The van der Waals surface area contributed by atoms with Crippen LogP contribution in [0.5, 0.6) is 0 Å². The van der Waals surface area contributed by atoms with Gasteiger partial charge in [-0.3, -0.25) is 4.99 Å². The van der Waals surface area contributed by atoms with Gasteiger partial charge in [0.1, 0.15) is 11.6 Å². The molecule has 1 aromatic carbocycles. The minimum absolute atomic E-state index is 0.201. The first-order valence-corrected chi connectivity index (χ1v) is 7.62. The molecule has 0 amide bonds. The molecule has 1 heterocycles. The number of hydrogen-bond donors (Lipinski definition) is 2. The van der Waals surface area contributed by atoms with Gasteiger partial charge >= 0.3 is 0 Å². The van der Waals surface area contributed by atoms with Crippen LogP contribution in [0, 0.1) is 26.6 Å². The zero-order valence-corrected chi connectivity index (χ0v) is 14.0. The standard InChI is InChI=1S/C17H23FN4O/c1-11-9-15(18)6-5-14(11)7-8-20-17(19-4)21-10-16-22-12(2)13(3)23-16/h5-6,9H,7-8,10H2,1-4H3,(H2,19,20,21). The predicted molar refractivity (Wildman–Crippen MR) is 89.0 cm³/mol. The Morgan fingerprint density at radius 3 is 2.65 bits per heavy atom. The van der Waals surface area contributed by atoms with Crippen molar-refractivity contribution in [1.29, 1.82) is 0 Å². The maximum absolute atomic E-state index is 13.1. The molecule has 0 fully saturated rings. The van der Waals surface area contributed by atoms with E-state index in [2.05, 4.69) is 20.6 Å². The highest BCUT2D eigenvalue weighted by Crippen LogP contribution is 2.10. The molecule has 1 aromatic heterocycles. The summed E-state index contributed by atoms with van der Waals surface area (Å²) >= 11 is 0. The van der Waals surface area contributed by atoms with Crippen LogP contribution in [0.25, 0.3) is 0 Å². The van der Waals surface area contributed by atoms with E-state index in [-0.39, 0.29) is 5.82 Å². The molecular weight excluding hydrogens is 295 g/mol. The Bertz CT molecular complexity index is 674. The van der Waals surface area contributed by atoms with Crippen LogP contribution in [0.3, 0.4) is 0 Å². The van der Waals surface area contributed by atoms with Crippen LogP contribution in [0.4, 0.5) is 4.39 Å². The van der Waals surface area contributed by atoms with Crippen molar-refractivity contribution in [2.75, 3.05) is 13.6 Å². The molecule has 2 N–H and O–H groups in total. The number of nitrogens with one attached hydrogen (secondary N) is 2. The first-order valence-electron chi connectivity index (χ1n) is 7.62. The Kier molecular flexibility index (Phi) is 5.73. The first kappa shape index (κ1) is 17.0. The smallest absolute Gasteiger partial charge is 0.214 e. The molecule has 0 aliphatic rings. The van der Waals surface area contributed by atoms with Crippen molar-refractivity contribution in [3.8, 4) is 0 Å². The summed E-state index contributed by atoms with van der Waals surface area (Å²) in [6.07, 6.45) is 0.796. The molecule has 0 atom stereocenters. The second kappa shape index (κ2) is 7.76. The van der Waals surface area contributed by atoms with Gasteiger partial charge in [-0.15, -0.1) is 0 Å². The molecule has 0 aliphatic heterocycles. The summed E-state index contributed by atoms with van der Waals surface area (Å²) in [5.74, 6) is 1.94. The van der Waals surface area contributed by atoms with E-state index in [1.54, 1.807) is 13.1 Å². The fraction of sp³-hybridized carbons (Fsp3) is 0.412. The largest absolute Gasteiger partial charge is 0.444 e. The number of halogens is 1. The van der Waals surface area contributed by atoms with E-state index in [1.165, 1.54) is 6.07 Å². The fourth-order valence-corrected chi connectivity index (χ4v) is 2.25. The van der Waals surface area contributed by atoms with Gasteiger partial charge in [-0.1, -0.05) is 6.07 Å². The maximum atomic E-state index is 13.1. The first-order chi connectivity index (χ1) is 11.0. The third-order valence-corrected chi connectivity index (χ3v) is 3.69. The number of guanidine groups is 1. The van der Waals surface area contributed by atoms with Gasteiger partial charge in [0.05, 0.1) is 12.2 Å². The lowest BCUT2D eigenvalue weighted by Crippen LogP contribution is -2.38. The van der Waals surface area contributed by atoms with Crippen molar-refractivity contribution in [2.24, 2.45) is 4.99 Å². The molecule has 0 spiro atoms. The van der Waals surface area contributed by atoms with E-state index in [0.29, 0.717) is 24.9 Å². The van der Waals surface area contributed by atoms with E-state index >= 15 is 0 Å². The highest BCUT2D eigenvalue weighted by Gasteiger charge is 2.06. The quantitative estimate of drug-likeness (QED) is 0.657. The van der Waals surface area contributed by atoms with Crippen molar-refractivity contribution < 1.29 is 8.81 Å². The summed E-state index contributed by atoms with van der Waals surface area (Å²) in [7, 11) is 1.71. The number of aryl methyl sites for hydroxylation is 3. The molecule has 0 saturated heterocycles. The van der Waals surface area contributed by atoms with Gasteiger partial charge in [0, 0.05) is 13.6 Å². The molecule has 0 unspecified atom stereocenters. The van der Waals surface area contributed by atoms with Crippen LogP contribution in [-0.4, -0.2) is 24.5 Å². The summed E-state index contributed by atoms with van der Waals surface area (Å²) in [5.41, 5.74) is 2.98. The SMILES string of the molecule is CN=C(NCCc1ccc(F)cc1C)NCc1nc(C)c(C)o1. The number of oxazole rings is 1. The Morgan fingerprint density at radius 2 is 2.04 bits per heavy atom. The molecule has 6 heteroatoms. The van der Waals surface area contributed by atoms with Gasteiger partial charge in [-0.05, 0) is 50.5 Å². The average Bonchev–Trinajstić information content (AvgIpc) is 2.83. The summed E-state index contributed by atoms with van der Waals surface area (Å²) in [5, 5.41) is 6.39. The van der Waals surface area contributed by atoms with Gasteiger partial charge in [0.15, 0.2) is 5.96 Å². The van der Waals surface area contributed by atoms with Crippen molar-refractivity contribution >= 4 is 5.96 Å². The van der Waals surface area contributed by atoms with E-state index in [4.69, 9.17) is 4.42 Å². The van der Waals surface area contributed by atoms with Crippen molar-refractivity contribution in [1.82, 2.24) is 15.6 Å². The van der Waals surface area contributed by atoms with Crippen molar-refractivity contribution in [3.63, 3.8) is 0 Å². The lowest BCUT2D eigenvalue weighted by atomic mass is 10.1. The monoisotopic (exact) mass is 318 g/mol. The number of aliphatic imine (C=N–C) groups is 1. The van der Waals surface area contributed by atoms with E-state index in [9.17, 15) is 4.39 Å². The Balaban J connectivity index is 1.81. The normalized spacial score (nSPS) is 11.6. The van der Waals surface area contributed by atoms with Crippen molar-refractivity contribution in [3.05, 3.63) is 52.5 Å². The summed E-state index contributed by atoms with van der Waals surface area (Å²) in [6, 6.07) is 4.86. The third-order valence-electron chi connectivity index (χ3n) is 3.69. The predicted octanol–water partition coefficient (Wildman–Crippen LogP) is 2.65. The maximum Gasteiger partial charge on any atom is 0.214 e. The number of rotatable bonds is 5. The molecule has 0 radical (unpaired) electrons. The summed E-state index contributed by atoms with van der Waals surface area (Å²) in [4.78, 5) is 8.48. The Labute approximate surface area is 136 Å². The molecule has 0 aliphatic carbocycles. The van der Waals surface area contributed by atoms with Crippen LogP contribution in [0.2, 0.25) is 0 Å². The lowest BCUT2D eigenvalue weighted by molar-refractivity contribution is 0.464. The lowest BCUT2D eigenvalue weighted by Gasteiger charge is -2.11. The summed E-state index contributed by atoms with van der Waals surface area (Å²) < 4.78 is 18.6. The van der Waals surface area contributed by atoms with E-state index < -0.39 is 0 Å². The molecule has 23 heavy (non-hydrogen) atoms. The zero-order chi connectivity index (χ0) is 16.8. The third kappa shape index (κ3) is 4.81. The highest BCUT2D eigenvalue weighted by atomic mass is 19.1. The van der Waals surface area contributed by atoms with Gasteiger partial charge in [0.25, 0.3) is 0 Å². The summed E-state index contributed by atoms with van der Waals surface area (Å²) in [6.45, 7) is 6.91. The van der Waals surface area contributed by atoms with Gasteiger partial charge in [-0.25, -0.2) is 9.37 Å². The Hall–Kier alpha value is -2.37. The van der Waals surface area contributed by atoms with Crippen LogP contribution in [0.15, 0.2) is 27.6 Å². The van der Waals surface area contributed by atoms with Gasteiger partial charge in [-0.2, -0.15) is 0 Å². The molecule has 124 valence electrons. The van der Waals surface area contributed by atoms with Crippen LogP contribution in [0.1, 0.15) is 28.5 Å². The van der Waals surface area contributed by atoms with Gasteiger partial charge < -0.3 is 15.1 Å². The molecule has 2 aromatic rings. The molecule has 5 nitrogen and oxygen atoms in total. The van der Waals surface area contributed by atoms with Crippen LogP contribution < -0.4 is 10.6 Å². The molecule has 0 bridgehead atoms. The number of benzene rings is 1. The van der Waals surface area contributed by atoms with Crippen LogP contribution >= 0.6 is 0 Å². The number of nitrogens with zero attached hydrogens (tertiary/aromatic N) is 2. The number of hydrogen-bond acceptors (Lipinski definition) is 3. The molecular formula is C17H23FN4O. The minimum atomic E-state index is -0.201. The highest BCUT2D eigenvalue weighted by molar-refractivity contribution is 5.79. The van der Waals surface area contributed by atoms with E-state index in [1.807, 2.05) is 26.8 Å². The zero-order valence-electron chi connectivity index (χ0n) is 14.0.